The van der Waals surface area contributed by atoms with Crippen molar-refractivity contribution in [3.63, 3.8) is 0 Å². The average molecular weight is 297 g/mol. The zero-order chi connectivity index (χ0) is 13.3. The molecule has 0 aliphatic rings. The summed E-state index contributed by atoms with van der Waals surface area (Å²) in [6.07, 6.45) is -4.37. The lowest BCUT2D eigenvalue weighted by Crippen LogP contribution is -2.22. The van der Waals surface area contributed by atoms with Crippen molar-refractivity contribution in [2.24, 2.45) is 0 Å². The predicted molar refractivity (Wildman–Crippen MR) is 61.9 cm³/mol. The van der Waals surface area contributed by atoms with E-state index in [1.165, 1.54) is 12.1 Å². The Bertz CT molecular complexity index is 588. The number of alkyl halides is 3. The van der Waals surface area contributed by atoms with E-state index in [1.807, 2.05) is 0 Å². The van der Waals surface area contributed by atoms with Gasteiger partial charge in [0.25, 0.3) is 0 Å². The molecule has 18 heavy (non-hydrogen) atoms. The van der Waals surface area contributed by atoms with E-state index < -0.39 is 12.7 Å². The number of hydrogen-bond donors (Lipinski definition) is 1. The SMILES string of the molecule is FC(F)(F)CNc1nc(Cl)nc2ccc(Cl)nc12. The van der Waals surface area contributed by atoms with E-state index in [-0.39, 0.29) is 21.8 Å². The monoisotopic (exact) mass is 296 g/mol. The first-order chi connectivity index (χ1) is 8.35. The van der Waals surface area contributed by atoms with Gasteiger partial charge in [-0.05, 0) is 23.7 Å². The number of aromatic nitrogens is 3. The van der Waals surface area contributed by atoms with Crippen LogP contribution < -0.4 is 5.32 Å². The van der Waals surface area contributed by atoms with Crippen LogP contribution in [-0.4, -0.2) is 27.7 Å². The minimum Gasteiger partial charge on any atom is -0.359 e. The molecule has 0 saturated carbocycles. The fraction of sp³-hybridized carbons (Fsp3) is 0.222. The third-order valence-electron chi connectivity index (χ3n) is 1.94. The summed E-state index contributed by atoms with van der Waals surface area (Å²) >= 11 is 11.3. The van der Waals surface area contributed by atoms with Gasteiger partial charge in [0, 0.05) is 0 Å². The molecule has 2 heterocycles. The van der Waals surface area contributed by atoms with Crippen LogP contribution >= 0.6 is 23.2 Å². The maximum Gasteiger partial charge on any atom is 0.405 e. The smallest absolute Gasteiger partial charge is 0.359 e. The number of hydrogen-bond acceptors (Lipinski definition) is 4. The van der Waals surface area contributed by atoms with E-state index in [1.54, 1.807) is 0 Å². The molecule has 0 unspecified atom stereocenters. The fourth-order valence-corrected chi connectivity index (χ4v) is 1.59. The van der Waals surface area contributed by atoms with Gasteiger partial charge < -0.3 is 5.32 Å². The molecule has 0 aliphatic carbocycles. The molecule has 0 saturated heterocycles. The lowest BCUT2D eigenvalue weighted by Gasteiger charge is -2.10. The van der Waals surface area contributed by atoms with Gasteiger partial charge in [-0.1, -0.05) is 11.6 Å². The molecule has 9 heteroatoms. The summed E-state index contributed by atoms with van der Waals surface area (Å²) in [6, 6.07) is 2.96. The first-order valence-corrected chi connectivity index (χ1v) is 5.41. The van der Waals surface area contributed by atoms with Gasteiger partial charge in [0.05, 0.1) is 5.52 Å². The fourth-order valence-electron chi connectivity index (χ4n) is 1.27. The highest BCUT2D eigenvalue weighted by Gasteiger charge is 2.27. The van der Waals surface area contributed by atoms with Gasteiger partial charge in [-0.15, -0.1) is 0 Å². The molecule has 0 bridgehead atoms. The molecule has 2 rings (SSSR count). The van der Waals surface area contributed by atoms with Crippen LogP contribution in [0.4, 0.5) is 19.0 Å². The Kier molecular flexibility index (Phi) is 3.45. The molecule has 0 radical (unpaired) electrons. The van der Waals surface area contributed by atoms with Gasteiger partial charge in [-0.25, -0.2) is 9.97 Å². The number of nitrogens with one attached hydrogen (secondary N) is 1. The standard InChI is InChI=1S/C9H5Cl2F3N4/c10-5-2-1-4-6(17-5)7(18-8(11)16-4)15-3-9(12,13)14/h1-2H,3H2,(H,15,16,18). The van der Waals surface area contributed by atoms with Crippen LogP contribution in [0, 0.1) is 0 Å². The lowest BCUT2D eigenvalue weighted by molar-refractivity contribution is -0.115. The molecule has 0 aromatic carbocycles. The Morgan fingerprint density at radius 3 is 2.50 bits per heavy atom. The van der Waals surface area contributed by atoms with Crippen molar-refractivity contribution >= 4 is 40.1 Å². The molecule has 0 spiro atoms. The quantitative estimate of drug-likeness (QED) is 0.682. The van der Waals surface area contributed by atoms with Gasteiger partial charge in [0.15, 0.2) is 5.82 Å². The molecule has 0 aliphatic heterocycles. The third-order valence-corrected chi connectivity index (χ3v) is 2.32. The van der Waals surface area contributed by atoms with E-state index in [0.29, 0.717) is 5.52 Å². The first kappa shape index (κ1) is 13.1. The summed E-state index contributed by atoms with van der Waals surface area (Å²) in [6.45, 7) is -1.25. The summed E-state index contributed by atoms with van der Waals surface area (Å²) in [5.41, 5.74) is 0.445. The van der Waals surface area contributed by atoms with Crippen LogP contribution in [0.1, 0.15) is 0 Å². The Balaban J connectivity index is 2.44. The Hall–Kier alpha value is -1.34. The molecule has 1 N–H and O–H groups in total. The number of halogens is 5. The summed E-state index contributed by atoms with van der Waals surface area (Å²) in [4.78, 5) is 11.4. The van der Waals surface area contributed by atoms with Crippen molar-refractivity contribution in [1.82, 2.24) is 15.0 Å². The van der Waals surface area contributed by atoms with Gasteiger partial charge in [-0.3, -0.25) is 0 Å². The second kappa shape index (κ2) is 4.74. The topological polar surface area (TPSA) is 50.7 Å². The first-order valence-electron chi connectivity index (χ1n) is 4.65. The largest absolute Gasteiger partial charge is 0.405 e. The zero-order valence-corrected chi connectivity index (χ0v) is 10.1. The lowest BCUT2D eigenvalue weighted by atomic mass is 10.3. The van der Waals surface area contributed by atoms with Gasteiger partial charge in [0.1, 0.15) is 17.2 Å². The molecule has 4 nitrogen and oxygen atoms in total. The highest BCUT2D eigenvalue weighted by Crippen LogP contribution is 2.23. The van der Waals surface area contributed by atoms with Crippen LogP contribution in [-0.2, 0) is 0 Å². The minimum atomic E-state index is -4.37. The molecule has 96 valence electrons. The van der Waals surface area contributed by atoms with E-state index in [9.17, 15) is 13.2 Å². The summed E-state index contributed by atoms with van der Waals surface area (Å²) in [5, 5.41) is 2.07. The third kappa shape index (κ3) is 3.11. The maximum absolute atomic E-state index is 12.1. The predicted octanol–water partition coefficient (Wildman–Crippen LogP) is 3.31. The van der Waals surface area contributed by atoms with E-state index in [0.717, 1.165) is 0 Å². The van der Waals surface area contributed by atoms with Crippen molar-refractivity contribution in [2.45, 2.75) is 6.18 Å². The summed E-state index contributed by atoms with van der Waals surface area (Å²) in [7, 11) is 0. The van der Waals surface area contributed by atoms with Gasteiger partial charge in [0.2, 0.25) is 5.28 Å². The second-order valence-electron chi connectivity index (χ2n) is 3.31. The highest BCUT2D eigenvalue weighted by molar-refractivity contribution is 6.30. The molecule has 0 atom stereocenters. The maximum atomic E-state index is 12.1. The van der Waals surface area contributed by atoms with Crippen LogP contribution in [0.5, 0.6) is 0 Å². The molecule has 2 aromatic rings. The van der Waals surface area contributed by atoms with Crippen LogP contribution in [0.2, 0.25) is 10.4 Å². The van der Waals surface area contributed by atoms with E-state index >= 15 is 0 Å². The average Bonchev–Trinajstić information content (AvgIpc) is 2.25. The van der Waals surface area contributed by atoms with Crippen molar-refractivity contribution in [1.29, 1.82) is 0 Å². The van der Waals surface area contributed by atoms with Gasteiger partial charge in [-0.2, -0.15) is 18.2 Å². The Morgan fingerprint density at radius 1 is 1.11 bits per heavy atom. The summed E-state index contributed by atoms with van der Waals surface area (Å²) in [5.74, 6) is -0.107. The van der Waals surface area contributed by atoms with Gasteiger partial charge >= 0.3 is 6.18 Å². The van der Waals surface area contributed by atoms with E-state index in [4.69, 9.17) is 23.2 Å². The molecular formula is C9H5Cl2F3N4. The van der Waals surface area contributed by atoms with Crippen LogP contribution in [0.25, 0.3) is 11.0 Å². The van der Waals surface area contributed by atoms with E-state index in [2.05, 4.69) is 20.3 Å². The normalized spacial score (nSPS) is 11.8. The molecule has 0 fully saturated rings. The van der Waals surface area contributed by atoms with Crippen LogP contribution in [0.3, 0.4) is 0 Å². The molecule has 0 amide bonds. The minimum absolute atomic E-state index is 0.107. The number of rotatable bonds is 2. The Morgan fingerprint density at radius 2 is 1.83 bits per heavy atom. The molecule has 2 aromatic heterocycles. The molecular weight excluding hydrogens is 292 g/mol. The second-order valence-corrected chi connectivity index (χ2v) is 4.04. The van der Waals surface area contributed by atoms with Crippen molar-refractivity contribution < 1.29 is 13.2 Å². The van der Waals surface area contributed by atoms with Crippen molar-refractivity contribution in [2.75, 3.05) is 11.9 Å². The number of nitrogens with zero attached hydrogens (tertiary/aromatic N) is 3. The van der Waals surface area contributed by atoms with Crippen molar-refractivity contribution in [3.05, 3.63) is 22.6 Å². The summed E-state index contributed by atoms with van der Waals surface area (Å²) < 4.78 is 36.4. The van der Waals surface area contributed by atoms with Crippen LogP contribution in [0.15, 0.2) is 12.1 Å². The van der Waals surface area contributed by atoms with Crippen molar-refractivity contribution in [3.8, 4) is 0 Å². The number of pyridine rings is 1. The number of anilines is 1. The zero-order valence-electron chi connectivity index (χ0n) is 8.59. The number of fused-ring (bicyclic) bond motifs is 1. The Labute approximate surface area is 109 Å². The highest BCUT2D eigenvalue weighted by atomic mass is 35.5.